The zero-order valence-corrected chi connectivity index (χ0v) is 18.1. The summed E-state index contributed by atoms with van der Waals surface area (Å²) in [5, 5.41) is 5.24. The van der Waals surface area contributed by atoms with Crippen molar-refractivity contribution in [3.8, 4) is 11.5 Å². The number of primary amides is 1. The first-order valence-electron chi connectivity index (χ1n) is 10.8. The highest BCUT2D eigenvalue weighted by Gasteiger charge is 2.27. The van der Waals surface area contributed by atoms with Gasteiger partial charge in [-0.05, 0) is 37.0 Å². The lowest BCUT2D eigenvalue weighted by Gasteiger charge is -2.19. The molecule has 1 aromatic carbocycles. The highest BCUT2D eigenvalue weighted by Crippen LogP contribution is 2.37. The third-order valence-electron chi connectivity index (χ3n) is 6.03. The first-order chi connectivity index (χ1) is 15.0. The molecule has 0 saturated carbocycles. The molecule has 4 heterocycles. The fraction of sp³-hybridized carbons (Fsp3) is 0.391. The van der Waals surface area contributed by atoms with Crippen LogP contribution in [-0.2, 0) is 11.2 Å². The van der Waals surface area contributed by atoms with Crippen molar-refractivity contribution in [3.63, 3.8) is 0 Å². The number of pyridine rings is 1. The SMILES string of the molecule is Cc1c(CC(N)=O)c2ccccc2n2c(N3CCCC3)nc(-c3noc(C(C)C)n3)c12. The van der Waals surface area contributed by atoms with E-state index in [1.807, 2.05) is 39.0 Å². The maximum absolute atomic E-state index is 11.9. The minimum atomic E-state index is -0.361. The second-order valence-corrected chi connectivity index (χ2v) is 8.51. The van der Waals surface area contributed by atoms with Crippen LogP contribution in [0.5, 0.6) is 0 Å². The molecule has 3 aromatic heterocycles. The van der Waals surface area contributed by atoms with Crippen molar-refractivity contribution in [1.29, 1.82) is 0 Å². The van der Waals surface area contributed by atoms with Crippen LogP contribution in [0.2, 0.25) is 0 Å². The third-order valence-corrected chi connectivity index (χ3v) is 6.03. The summed E-state index contributed by atoms with van der Waals surface area (Å²) < 4.78 is 7.67. The normalized spacial score (nSPS) is 14.4. The standard InChI is InChI=1S/C23H26N6O2/c1-13(2)22-26-21(27-31-22)19-20-14(3)16(12-18(24)30)15-8-4-5-9-17(15)29(20)23(25-19)28-10-6-7-11-28/h4-5,8-9,13H,6-7,10-12H2,1-3H3,(H2,24,30). The number of nitrogens with zero attached hydrogens (tertiary/aromatic N) is 5. The molecule has 0 aliphatic carbocycles. The lowest BCUT2D eigenvalue weighted by Crippen LogP contribution is -2.21. The number of imidazole rings is 1. The Bertz CT molecular complexity index is 1300. The molecule has 0 spiro atoms. The van der Waals surface area contributed by atoms with Crippen molar-refractivity contribution in [2.45, 2.75) is 46.0 Å². The molecule has 0 radical (unpaired) electrons. The van der Waals surface area contributed by atoms with Crippen LogP contribution in [0.4, 0.5) is 5.95 Å². The Labute approximate surface area is 180 Å². The van der Waals surface area contributed by atoms with Gasteiger partial charge in [-0.1, -0.05) is 37.2 Å². The molecule has 2 N–H and O–H groups in total. The van der Waals surface area contributed by atoms with Crippen LogP contribution in [0, 0.1) is 6.92 Å². The van der Waals surface area contributed by atoms with Gasteiger partial charge in [0.05, 0.1) is 17.5 Å². The van der Waals surface area contributed by atoms with Gasteiger partial charge in [0.25, 0.3) is 0 Å². The molecule has 1 amide bonds. The van der Waals surface area contributed by atoms with Crippen molar-refractivity contribution in [3.05, 3.63) is 41.3 Å². The first-order valence-corrected chi connectivity index (χ1v) is 10.8. The number of amides is 1. The molecule has 1 fully saturated rings. The van der Waals surface area contributed by atoms with Crippen LogP contribution in [-0.4, -0.2) is 38.5 Å². The summed E-state index contributed by atoms with van der Waals surface area (Å²) in [6.07, 6.45) is 2.44. The van der Waals surface area contributed by atoms with Crippen LogP contribution >= 0.6 is 0 Å². The van der Waals surface area contributed by atoms with Crippen LogP contribution < -0.4 is 10.6 Å². The number of fused-ring (bicyclic) bond motifs is 3. The van der Waals surface area contributed by atoms with Gasteiger partial charge in [0.1, 0.15) is 5.69 Å². The number of rotatable bonds is 5. The largest absolute Gasteiger partial charge is 0.369 e. The van der Waals surface area contributed by atoms with E-state index < -0.39 is 0 Å². The molecule has 5 rings (SSSR count). The molecule has 1 aliphatic rings. The van der Waals surface area contributed by atoms with Gasteiger partial charge in [0, 0.05) is 24.4 Å². The average Bonchev–Trinajstić information content (AvgIpc) is 3.49. The summed E-state index contributed by atoms with van der Waals surface area (Å²) in [5.41, 5.74) is 10.0. The van der Waals surface area contributed by atoms with Crippen LogP contribution in [0.1, 0.15) is 49.6 Å². The van der Waals surface area contributed by atoms with Crippen molar-refractivity contribution in [2.24, 2.45) is 5.73 Å². The van der Waals surface area contributed by atoms with Gasteiger partial charge >= 0.3 is 0 Å². The number of aromatic nitrogens is 4. The second-order valence-electron chi connectivity index (χ2n) is 8.51. The van der Waals surface area contributed by atoms with Crippen molar-refractivity contribution < 1.29 is 9.32 Å². The summed E-state index contributed by atoms with van der Waals surface area (Å²) in [6.45, 7) is 7.96. The molecule has 31 heavy (non-hydrogen) atoms. The zero-order valence-electron chi connectivity index (χ0n) is 18.1. The molecule has 1 aliphatic heterocycles. The highest BCUT2D eigenvalue weighted by molar-refractivity contribution is 5.96. The van der Waals surface area contributed by atoms with Gasteiger partial charge in [0.15, 0.2) is 0 Å². The second kappa shape index (κ2) is 7.37. The number of nitrogens with two attached hydrogens (primary N) is 1. The molecule has 1 saturated heterocycles. The molecule has 0 bridgehead atoms. The molecular weight excluding hydrogens is 392 g/mol. The van der Waals surface area contributed by atoms with Gasteiger partial charge < -0.3 is 15.2 Å². The Hall–Kier alpha value is -3.42. The predicted molar refractivity (Wildman–Crippen MR) is 119 cm³/mol. The third kappa shape index (κ3) is 3.13. The van der Waals surface area contributed by atoms with Crippen molar-refractivity contribution in [1.82, 2.24) is 19.5 Å². The molecule has 4 aromatic rings. The summed E-state index contributed by atoms with van der Waals surface area (Å²) in [7, 11) is 0. The number of hydrogen-bond donors (Lipinski definition) is 1. The topological polar surface area (TPSA) is 103 Å². The Morgan fingerprint density at radius 2 is 1.94 bits per heavy atom. The van der Waals surface area contributed by atoms with E-state index in [1.54, 1.807) is 0 Å². The van der Waals surface area contributed by atoms with Crippen LogP contribution in [0.25, 0.3) is 27.9 Å². The van der Waals surface area contributed by atoms with Gasteiger partial charge in [-0.2, -0.15) is 4.98 Å². The molecule has 8 nitrogen and oxygen atoms in total. The fourth-order valence-electron chi connectivity index (χ4n) is 4.50. The van der Waals surface area contributed by atoms with Crippen molar-refractivity contribution >= 4 is 28.3 Å². The number of benzene rings is 1. The Morgan fingerprint density at radius 1 is 1.19 bits per heavy atom. The molecule has 0 unspecified atom stereocenters. The van der Waals surface area contributed by atoms with E-state index in [9.17, 15) is 4.79 Å². The Morgan fingerprint density at radius 3 is 2.61 bits per heavy atom. The summed E-state index contributed by atoms with van der Waals surface area (Å²) >= 11 is 0. The Balaban J connectivity index is 1.88. The van der Waals surface area contributed by atoms with Gasteiger partial charge in [-0.3, -0.25) is 9.20 Å². The minimum Gasteiger partial charge on any atom is -0.369 e. The van der Waals surface area contributed by atoms with E-state index in [4.69, 9.17) is 15.2 Å². The van der Waals surface area contributed by atoms with E-state index in [0.29, 0.717) is 17.4 Å². The quantitative estimate of drug-likeness (QED) is 0.531. The van der Waals surface area contributed by atoms with E-state index in [-0.39, 0.29) is 18.2 Å². The first kappa shape index (κ1) is 19.5. The number of carbonyl (C=O) groups excluding carboxylic acids is 1. The maximum atomic E-state index is 11.9. The lowest BCUT2D eigenvalue weighted by atomic mass is 9.98. The number of hydrogen-bond acceptors (Lipinski definition) is 6. The van der Waals surface area contributed by atoms with E-state index in [1.165, 1.54) is 0 Å². The lowest BCUT2D eigenvalue weighted by molar-refractivity contribution is -0.117. The van der Waals surface area contributed by atoms with Gasteiger partial charge in [-0.25, -0.2) is 4.98 Å². The molecular formula is C23H26N6O2. The zero-order chi connectivity index (χ0) is 21.7. The highest BCUT2D eigenvalue weighted by atomic mass is 16.5. The van der Waals surface area contributed by atoms with E-state index >= 15 is 0 Å². The van der Waals surface area contributed by atoms with Gasteiger partial charge in [-0.15, -0.1) is 0 Å². The number of carbonyl (C=O) groups is 1. The maximum Gasteiger partial charge on any atom is 0.229 e. The molecule has 160 valence electrons. The molecule has 0 atom stereocenters. The Kier molecular flexibility index (Phi) is 4.64. The van der Waals surface area contributed by atoms with Gasteiger partial charge in [0.2, 0.25) is 23.6 Å². The van der Waals surface area contributed by atoms with Crippen molar-refractivity contribution in [2.75, 3.05) is 18.0 Å². The number of aryl methyl sites for hydroxylation is 1. The minimum absolute atomic E-state index is 0.125. The summed E-state index contributed by atoms with van der Waals surface area (Å²) in [6, 6.07) is 8.09. The number of para-hydroxylation sites is 1. The monoisotopic (exact) mass is 418 g/mol. The predicted octanol–water partition coefficient (Wildman–Crippen LogP) is 3.60. The summed E-state index contributed by atoms with van der Waals surface area (Å²) in [4.78, 5) is 23.9. The smallest absolute Gasteiger partial charge is 0.229 e. The van der Waals surface area contributed by atoms with Crippen LogP contribution in [0.15, 0.2) is 28.8 Å². The van der Waals surface area contributed by atoms with E-state index in [2.05, 4.69) is 25.5 Å². The average molecular weight is 419 g/mol. The molecule has 8 heteroatoms. The van der Waals surface area contributed by atoms with Crippen LogP contribution in [0.3, 0.4) is 0 Å². The number of anilines is 1. The summed E-state index contributed by atoms with van der Waals surface area (Å²) in [5.74, 6) is 1.69. The fourth-order valence-corrected chi connectivity index (χ4v) is 4.50. The van der Waals surface area contributed by atoms with E-state index in [0.717, 1.165) is 59.4 Å².